The van der Waals surface area contributed by atoms with Gasteiger partial charge >= 0.3 is 0 Å². The molecule has 2 rings (SSSR count). The minimum Gasteiger partial charge on any atom is -0.508 e. The van der Waals surface area contributed by atoms with Crippen molar-refractivity contribution in [3.05, 3.63) is 64.1 Å². The zero-order valence-electron chi connectivity index (χ0n) is 22.1. The van der Waals surface area contributed by atoms with Gasteiger partial charge in [0, 0.05) is 18.5 Å². The van der Waals surface area contributed by atoms with Crippen LogP contribution in [0.4, 0.5) is 0 Å². The van der Waals surface area contributed by atoms with Crippen molar-refractivity contribution in [3.8, 4) is 11.5 Å². The van der Waals surface area contributed by atoms with Crippen LogP contribution < -0.4 is 10.2 Å². The molecule has 0 unspecified atom stereocenters. The molecule has 4 heteroatoms. The van der Waals surface area contributed by atoms with E-state index in [2.05, 4.69) is 13.0 Å². The summed E-state index contributed by atoms with van der Waals surface area (Å²) in [4.78, 5) is 12.3. The molecule has 1 aromatic heterocycles. The number of hydrogen-bond acceptors (Lipinski definition) is 3. The lowest BCUT2D eigenvalue weighted by molar-refractivity contribution is 0.298. The molecule has 4 nitrogen and oxygen atoms in total. The predicted molar refractivity (Wildman–Crippen MR) is 148 cm³/mol. The van der Waals surface area contributed by atoms with E-state index in [-0.39, 0.29) is 11.2 Å². The number of ether oxygens (including phenoxy) is 1. The summed E-state index contributed by atoms with van der Waals surface area (Å²) in [6.45, 7) is 4.48. The van der Waals surface area contributed by atoms with Crippen LogP contribution in [0.5, 0.6) is 11.5 Å². The fourth-order valence-electron chi connectivity index (χ4n) is 4.36. The van der Waals surface area contributed by atoms with Gasteiger partial charge < -0.3 is 14.4 Å². The van der Waals surface area contributed by atoms with Crippen molar-refractivity contribution in [2.75, 3.05) is 0 Å². The summed E-state index contributed by atoms with van der Waals surface area (Å²) in [6, 6.07) is 8.38. The zero-order chi connectivity index (χ0) is 25.1. The first-order valence-corrected chi connectivity index (χ1v) is 13.9. The Bertz CT molecular complexity index is 898. The van der Waals surface area contributed by atoms with Crippen molar-refractivity contribution in [2.24, 2.45) is 0 Å². The molecule has 0 spiro atoms. The Morgan fingerprint density at radius 3 is 1.91 bits per heavy atom. The minimum atomic E-state index is -0.113. The smallest absolute Gasteiger partial charge is 0.223 e. The van der Waals surface area contributed by atoms with Gasteiger partial charge in [-0.3, -0.25) is 4.79 Å². The van der Waals surface area contributed by atoms with E-state index in [9.17, 15) is 9.90 Å². The fourth-order valence-corrected chi connectivity index (χ4v) is 4.36. The number of pyridine rings is 1. The molecule has 35 heavy (non-hydrogen) atoms. The average Bonchev–Trinajstić information content (AvgIpc) is 2.86. The quantitative estimate of drug-likeness (QED) is 0.204. The third kappa shape index (κ3) is 12.2. The van der Waals surface area contributed by atoms with Crippen LogP contribution in [0.15, 0.2) is 47.4 Å². The number of nitrogens with zero attached hydrogens (tertiary/aromatic N) is 1. The molecule has 1 aromatic carbocycles. The van der Waals surface area contributed by atoms with E-state index in [4.69, 9.17) is 4.74 Å². The van der Waals surface area contributed by atoms with E-state index >= 15 is 0 Å². The van der Waals surface area contributed by atoms with Crippen LogP contribution in [-0.2, 0) is 6.61 Å². The number of aromatic nitrogens is 1. The second-order valence-corrected chi connectivity index (χ2v) is 9.73. The third-order valence-corrected chi connectivity index (χ3v) is 6.64. The van der Waals surface area contributed by atoms with Crippen LogP contribution in [-0.4, -0.2) is 9.67 Å². The fraction of sp³-hybridized carbons (Fsp3) is 0.581. The molecule has 0 bridgehead atoms. The van der Waals surface area contributed by atoms with Gasteiger partial charge in [0.25, 0.3) is 0 Å². The van der Waals surface area contributed by atoms with Gasteiger partial charge in [0.2, 0.25) is 5.43 Å². The van der Waals surface area contributed by atoms with Gasteiger partial charge in [0.05, 0.1) is 5.69 Å². The zero-order valence-corrected chi connectivity index (χ0v) is 22.1. The third-order valence-electron chi connectivity index (χ3n) is 6.64. The monoisotopic (exact) mass is 481 g/mol. The highest BCUT2D eigenvalue weighted by Gasteiger charge is 2.08. The van der Waals surface area contributed by atoms with Gasteiger partial charge in [-0.2, -0.15) is 0 Å². The lowest BCUT2D eigenvalue weighted by Gasteiger charge is -2.12. The first-order valence-electron chi connectivity index (χ1n) is 13.9. The Morgan fingerprint density at radius 2 is 1.34 bits per heavy atom. The molecule has 0 fully saturated rings. The summed E-state index contributed by atoms with van der Waals surface area (Å²) in [7, 11) is 0. The van der Waals surface area contributed by atoms with Crippen molar-refractivity contribution in [3.63, 3.8) is 0 Å². The molecule has 0 radical (unpaired) electrons. The summed E-state index contributed by atoms with van der Waals surface area (Å²) >= 11 is 0. The largest absolute Gasteiger partial charge is 0.508 e. The Labute approximate surface area is 213 Å². The van der Waals surface area contributed by atoms with Crippen LogP contribution in [0, 0.1) is 6.92 Å². The molecule has 2 aromatic rings. The Hall–Kier alpha value is -2.49. The molecule has 0 aliphatic heterocycles. The summed E-state index contributed by atoms with van der Waals surface area (Å²) < 4.78 is 7.77. The lowest BCUT2D eigenvalue weighted by atomic mass is 10.0. The first-order chi connectivity index (χ1) is 17.1. The van der Waals surface area contributed by atoms with Crippen LogP contribution in [0.2, 0.25) is 0 Å². The van der Waals surface area contributed by atoms with Gasteiger partial charge in [-0.05, 0) is 37.5 Å². The number of phenolic OH excluding ortho intramolecular Hbond substituents is 1. The highest BCUT2D eigenvalue weighted by Crippen LogP contribution is 2.17. The normalized spacial score (nSPS) is 11.4. The number of unbranched alkanes of at least 4 members (excludes halogenated alkanes) is 14. The molecule has 0 saturated carbocycles. The Balaban J connectivity index is 1.57. The van der Waals surface area contributed by atoms with E-state index in [0.717, 1.165) is 17.7 Å². The van der Waals surface area contributed by atoms with Crippen molar-refractivity contribution in [1.29, 1.82) is 0 Å². The van der Waals surface area contributed by atoms with Crippen molar-refractivity contribution >= 4 is 6.20 Å². The number of hydrogen-bond donors (Lipinski definition) is 1. The minimum absolute atomic E-state index is 0.113. The van der Waals surface area contributed by atoms with E-state index in [1.807, 2.05) is 17.7 Å². The maximum atomic E-state index is 12.3. The van der Waals surface area contributed by atoms with Crippen molar-refractivity contribution in [1.82, 2.24) is 4.57 Å². The average molecular weight is 482 g/mol. The van der Waals surface area contributed by atoms with E-state index in [0.29, 0.717) is 12.4 Å². The molecule has 0 atom stereocenters. The van der Waals surface area contributed by atoms with Gasteiger partial charge in [-0.15, -0.1) is 0 Å². The van der Waals surface area contributed by atoms with E-state index in [1.165, 1.54) is 89.9 Å². The lowest BCUT2D eigenvalue weighted by Crippen LogP contribution is -2.12. The van der Waals surface area contributed by atoms with Crippen LogP contribution in [0.25, 0.3) is 6.20 Å². The number of rotatable bonds is 19. The molecule has 1 heterocycles. The number of aromatic hydroxyl groups is 1. The molecule has 0 aliphatic rings. The second kappa shape index (κ2) is 17.9. The Morgan fingerprint density at radius 1 is 0.800 bits per heavy atom. The first kappa shape index (κ1) is 28.7. The molecular weight excluding hydrogens is 434 g/mol. The van der Waals surface area contributed by atoms with Crippen LogP contribution >= 0.6 is 0 Å². The molecule has 194 valence electrons. The number of phenols is 1. The summed E-state index contributed by atoms with van der Waals surface area (Å²) in [5.74, 6) is 0.595. The maximum absolute atomic E-state index is 12.3. The van der Waals surface area contributed by atoms with E-state index < -0.39 is 0 Å². The van der Waals surface area contributed by atoms with E-state index in [1.54, 1.807) is 36.5 Å². The maximum Gasteiger partial charge on any atom is 0.223 e. The second-order valence-electron chi connectivity index (χ2n) is 9.73. The Kier molecular flexibility index (Phi) is 14.7. The van der Waals surface area contributed by atoms with Gasteiger partial charge in [0.15, 0.2) is 5.75 Å². The SMILES string of the molecule is CCCCCCCCCCCCCCCCC=Cn1ccc(=O)c(OCc2ccc(O)cc2)c1C. The summed E-state index contributed by atoms with van der Waals surface area (Å²) in [5.41, 5.74) is 1.59. The van der Waals surface area contributed by atoms with Crippen LogP contribution in [0.3, 0.4) is 0 Å². The standard InChI is InChI=1S/C31H47NO3/c1-3-4-5-6-7-8-9-10-11-12-13-14-15-16-17-18-24-32-25-23-30(34)31(27(32)2)35-26-28-19-21-29(33)22-20-28/h18-25,33H,3-17,26H2,1-2H3. The molecular formula is C31H47NO3. The van der Waals surface area contributed by atoms with Gasteiger partial charge in [-0.1, -0.05) is 109 Å². The molecule has 0 saturated heterocycles. The number of allylic oxidation sites excluding steroid dienone is 1. The molecule has 1 N–H and O–H groups in total. The summed E-state index contributed by atoms with van der Waals surface area (Å²) in [6.07, 6.45) is 26.3. The van der Waals surface area contributed by atoms with Gasteiger partial charge in [-0.25, -0.2) is 0 Å². The topological polar surface area (TPSA) is 51.5 Å². The van der Waals surface area contributed by atoms with Crippen molar-refractivity contribution < 1.29 is 9.84 Å². The highest BCUT2D eigenvalue weighted by atomic mass is 16.5. The van der Waals surface area contributed by atoms with Gasteiger partial charge in [0.1, 0.15) is 12.4 Å². The molecule has 0 amide bonds. The summed E-state index contributed by atoms with van der Waals surface area (Å²) in [5, 5.41) is 9.40. The number of benzene rings is 1. The molecule has 0 aliphatic carbocycles. The van der Waals surface area contributed by atoms with Crippen LogP contribution in [0.1, 0.15) is 114 Å². The predicted octanol–water partition coefficient (Wildman–Crippen LogP) is 8.78. The van der Waals surface area contributed by atoms with Crippen molar-refractivity contribution in [2.45, 2.75) is 117 Å². The highest BCUT2D eigenvalue weighted by molar-refractivity contribution is 5.36.